The molecule has 106 valence electrons. The van der Waals surface area contributed by atoms with E-state index in [-0.39, 0.29) is 0 Å². The molecule has 0 radical (unpaired) electrons. The molecule has 1 saturated heterocycles. The second kappa shape index (κ2) is 5.13. The summed E-state index contributed by atoms with van der Waals surface area (Å²) in [6, 6.07) is 1.06. The van der Waals surface area contributed by atoms with Crippen LogP contribution in [0.4, 0.5) is 0 Å². The molecule has 2 rings (SSSR count). The largest absolute Gasteiger partial charge is 0.409 e. The first-order chi connectivity index (χ1) is 9.01. The summed E-state index contributed by atoms with van der Waals surface area (Å²) in [7, 11) is 1.14. The van der Waals surface area contributed by atoms with E-state index >= 15 is 0 Å². The highest BCUT2D eigenvalue weighted by Gasteiger charge is 2.43. The lowest BCUT2D eigenvalue weighted by Crippen LogP contribution is -2.45. The second-order valence-electron chi connectivity index (χ2n) is 4.05. The molecule has 0 aromatic carbocycles. The standard InChI is InChI=1S/C10H14N2O7/c1-18-12-6(14)2-3-11(10(12)17)9-8(16)7(15)5(4-13)19-9/h2-3,5,7-9,13,15-16H,4H2,1H3/t5-,7-,8-,9-/m1/s1. The SMILES string of the molecule is COn1c(=O)ccn([C@@H]2O[C@H](CO)[C@@H](O)[C@H]2O)c1=O. The predicted molar refractivity (Wildman–Crippen MR) is 60.5 cm³/mol. The van der Waals surface area contributed by atoms with E-state index in [2.05, 4.69) is 4.84 Å². The van der Waals surface area contributed by atoms with E-state index in [1.165, 1.54) is 0 Å². The molecule has 1 fully saturated rings. The molecule has 0 bridgehead atoms. The minimum Gasteiger partial charge on any atom is -0.409 e. The number of hydrogen-bond donors (Lipinski definition) is 3. The van der Waals surface area contributed by atoms with E-state index in [0.717, 1.165) is 23.9 Å². The third kappa shape index (κ3) is 2.16. The number of aliphatic hydroxyl groups excluding tert-OH is 3. The van der Waals surface area contributed by atoms with E-state index in [4.69, 9.17) is 9.84 Å². The van der Waals surface area contributed by atoms with Crippen LogP contribution < -0.4 is 16.1 Å². The summed E-state index contributed by atoms with van der Waals surface area (Å²) in [5, 5.41) is 28.4. The molecule has 1 aliphatic heterocycles. The minimum absolute atomic E-state index is 0.481. The van der Waals surface area contributed by atoms with Crippen molar-refractivity contribution in [3.8, 4) is 0 Å². The molecular formula is C10H14N2O7. The number of nitrogens with zero attached hydrogens (tertiary/aromatic N) is 2. The lowest BCUT2D eigenvalue weighted by molar-refractivity contribution is -0.0577. The van der Waals surface area contributed by atoms with E-state index in [9.17, 15) is 19.8 Å². The molecule has 0 aliphatic carbocycles. The van der Waals surface area contributed by atoms with Gasteiger partial charge in [0.25, 0.3) is 5.56 Å². The van der Waals surface area contributed by atoms with Gasteiger partial charge in [0, 0.05) is 12.3 Å². The molecule has 0 amide bonds. The maximum atomic E-state index is 11.9. The zero-order valence-electron chi connectivity index (χ0n) is 10.0. The van der Waals surface area contributed by atoms with Gasteiger partial charge in [-0.2, -0.15) is 0 Å². The van der Waals surface area contributed by atoms with Gasteiger partial charge in [0.05, 0.1) is 6.61 Å². The van der Waals surface area contributed by atoms with Crippen LogP contribution in [0, 0.1) is 0 Å². The maximum Gasteiger partial charge on any atom is 0.366 e. The van der Waals surface area contributed by atoms with Crippen LogP contribution in [0.2, 0.25) is 0 Å². The first-order valence-electron chi connectivity index (χ1n) is 5.52. The zero-order chi connectivity index (χ0) is 14.2. The Labute approximate surface area is 106 Å². The summed E-state index contributed by atoms with van der Waals surface area (Å²) in [5.41, 5.74) is -1.53. The van der Waals surface area contributed by atoms with Crippen LogP contribution in [-0.4, -0.2) is 56.6 Å². The quantitative estimate of drug-likeness (QED) is 0.527. The van der Waals surface area contributed by atoms with Gasteiger partial charge in [-0.15, -0.1) is 0 Å². The molecule has 0 saturated carbocycles. The van der Waals surface area contributed by atoms with Crippen molar-refractivity contribution in [3.05, 3.63) is 33.1 Å². The van der Waals surface area contributed by atoms with Crippen molar-refractivity contribution in [1.82, 2.24) is 9.30 Å². The lowest BCUT2D eigenvalue weighted by atomic mass is 10.1. The van der Waals surface area contributed by atoms with Crippen LogP contribution in [0.1, 0.15) is 6.23 Å². The van der Waals surface area contributed by atoms with Crippen LogP contribution in [-0.2, 0) is 4.74 Å². The summed E-state index contributed by atoms with van der Waals surface area (Å²) in [6.07, 6.45) is -3.82. The van der Waals surface area contributed by atoms with E-state index in [1.807, 2.05) is 0 Å². The van der Waals surface area contributed by atoms with Crippen molar-refractivity contribution in [2.24, 2.45) is 0 Å². The van der Waals surface area contributed by atoms with Gasteiger partial charge in [-0.05, 0) is 0 Å². The van der Waals surface area contributed by atoms with Gasteiger partial charge < -0.3 is 24.9 Å². The Hall–Kier alpha value is -1.68. The average Bonchev–Trinajstić information content (AvgIpc) is 2.67. The fraction of sp³-hybridized carbons (Fsp3) is 0.600. The third-order valence-electron chi connectivity index (χ3n) is 2.95. The molecule has 3 N–H and O–H groups in total. The molecular weight excluding hydrogens is 260 g/mol. The normalized spacial score (nSPS) is 30.5. The monoisotopic (exact) mass is 274 g/mol. The summed E-state index contributed by atoms with van der Waals surface area (Å²) >= 11 is 0. The summed E-state index contributed by atoms with van der Waals surface area (Å²) in [5.74, 6) is 0. The van der Waals surface area contributed by atoms with Crippen molar-refractivity contribution in [1.29, 1.82) is 0 Å². The zero-order valence-corrected chi connectivity index (χ0v) is 10.0. The Kier molecular flexibility index (Phi) is 3.71. The molecule has 9 nitrogen and oxygen atoms in total. The molecule has 9 heteroatoms. The van der Waals surface area contributed by atoms with Crippen molar-refractivity contribution < 1.29 is 24.9 Å². The van der Waals surface area contributed by atoms with Crippen LogP contribution in [0.3, 0.4) is 0 Å². The van der Waals surface area contributed by atoms with Gasteiger partial charge in [-0.3, -0.25) is 9.36 Å². The second-order valence-corrected chi connectivity index (χ2v) is 4.05. The van der Waals surface area contributed by atoms with Gasteiger partial charge in [0.2, 0.25) is 0 Å². The molecule has 1 aromatic rings. The van der Waals surface area contributed by atoms with Crippen molar-refractivity contribution in [2.75, 3.05) is 13.7 Å². The fourth-order valence-corrected chi connectivity index (χ4v) is 1.95. The Morgan fingerprint density at radius 1 is 1.37 bits per heavy atom. The molecule has 1 aromatic heterocycles. The maximum absolute atomic E-state index is 11.9. The van der Waals surface area contributed by atoms with E-state index in [0.29, 0.717) is 4.73 Å². The smallest absolute Gasteiger partial charge is 0.366 e. The number of hydrogen-bond acceptors (Lipinski definition) is 7. The minimum atomic E-state index is -1.40. The first kappa shape index (κ1) is 13.7. The highest BCUT2D eigenvalue weighted by molar-refractivity contribution is 4.93. The number of rotatable bonds is 3. The molecule has 4 atom stereocenters. The summed E-state index contributed by atoms with van der Waals surface area (Å²) in [4.78, 5) is 27.9. The van der Waals surface area contributed by atoms with Crippen LogP contribution >= 0.6 is 0 Å². The van der Waals surface area contributed by atoms with Crippen molar-refractivity contribution >= 4 is 0 Å². The van der Waals surface area contributed by atoms with Crippen LogP contribution in [0.25, 0.3) is 0 Å². The average molecular weight is 274 g/mol. The van der Waals surface area contributed by atoms with Gasteiger partial charge >= 0.3 is 5.69 Å². The molecule has 0 spiro atoms. The number of aromatic nitrogens is 2. The van der Waals surface area contributed by atoms with Gasteiger partial charge in [-0.1, -0.05) is 4.73 Å². The van der Waals surface area contributed by atoms with Crippen molar-refractivity contribution in [2.45, 2.75) is 24.5 Å². The van der Waals surface area contributed by atoms with Gasteiger partial charge in [0.1, 0.15) is 25.4 Å². The summed E-state index contributed by atoms with van der Waals surface area (Å²) in [6.45, 7) is -0.507. The lowest BCUT2D eigenvalue weighted by Gasteiger charge is -2.17. The Morgan fingerprint density at radius 2 is 2.05 bits per heavy atom. The number of aliphatic hydroxyl groups is 3. The van der Waals surface area contributed by atoms with E-state index in [1.54, 1.807) is 0 Å². The molecule has 0 unspecified atom stereocenters. The predicted octanol–water partition coefficient (Wildman–Crippen LogP) is -3.32. The molecule has 1 aliphatic rings. The first-order valence-corrected chi connectivity index (χ1v) is 5.52. The highest BCUT2D eigenvalue weighted by Crippen LogP contribution is 2.27. The van der Waals surface area contributed by atoms with E-state index < -0.39 is 42.4 Å². The van der Waals surface area contributed by atoms with Crippen molar-refractivity contribution in [3.63, 3.8) is 0 Å². The number of ether oxygens (including phenoxy) is 1. The third-order valence-corrected chi connectivity index (χ3v) is 2.95. The fourth-order valence-electron chi connectivity index (χ4n) is 1.95. The van der Waals surface area contributed by atoms with Crippen LogP contribution in [0.15, 0.2) is 21.9 Å². The molecule has 19 heavy (non-hydrogen) atoms. The molecule has 2 heterocycles. The van der Waals surface area contributed by atoms with Gasteiger partial charge in [0.15, 0.2) is 6.23 Å². The van der Waals surface area contributed by atoms with Crippen LogP contribution in [0.5, 0.6) is 0 Å². The topological polar surface area (TPSA) is 123 Å². The Bertz CT molecular complexity index is 566. The van der Waals surface area contributed by atoms with Gasteiger partial charge in [-0.25, -0.2) is 4.79 Å². The summed E-state index contributed by atoms with van der Waals surface area (Å²) < 4.78 is 6.58. The Balaban J connectivity index is 2.44. The highest BCUT2D eigenvalue weighted by atomic mass is 16.7. The Morgan fingerprint density at radius 3 is 2.58 bits per heavy atom.